The van der Waals surface area contributed by atoms with Crippen molar-refractivity contribution >= 4 is 11.6 Å². The number of ether oxygens (including phenoxy) is 1. The van der Waals surface area contributed by atoms with Gasteiger partial charge in [-0.25, -0.2) is 0 Å². The van der Waals surface area contributed by atoms with Crippen LogP contribution in [-0.4, -0.2) is 0 Å². The number of hydrogen-bond donors (Lipinski definition) is 0. The summed E-state index contributed by atoms with van der Waals surface area (Å²) in [6.45, 7) is 0.551. The van der Waals surface area contributed by atoms with Crippen LogP contribution in [0.25, 0.3) is 0 Å². The molecule has 0 aromatic heterocycles. The molecule has 0 bridgehead atoms. The summed E-state index contributed by atoms with van der Waals surface area (Å²) in [5.74, 6) is 0.881. The van der Waals surface area contributed by atoms with Gasteiger partial charge in [-0.05, 0) is 47.4 Å². The van der Waals surface area contributed by atoms with Gasteiger partial charge >= 0.3 is 0 Å². The Morgan fingerprint density at radius 2 is 1.23 bits per heavy atom. The van der Waals surface area contributed by atoms with E-state index in [-0.39, 0.29) is 0 Å². The van der Waals surface area contributed by atoms with Crippen molar-refractivity contribution in [3.05, 3.63) is 101 Å². The molecule has 0 N–H and O–H groups in total. The summed E-state index contributed by atoms with van der Waals surface area (Å²) < 4.78 is 5.79. The highest BCUT2D eigenvalue weighted by molar-refractivity contribution is 6.30. The molecule has 3 rings (SSSR count). The third-order valence-corrected chi connectivity index (χ3v) is 3.75. The van der Waals surface area contributed by atoms with Crippen LogP contribution in [0.1, 0.15) is 16.7 Å². The average Bonchev–Trinajstić information content (AvgIpc) is 2.57. The predicted octanol–water partition coefficient (Wildman–Crippen LogP) is 5.51. The van der Waals surface area contributed by atoms with Crippen LogP contribution in [0.5, 0.6) is 5.75 Å². The number of halogens is 1. The van der Waals surface area contributed by atoms with Crippen LogP contribution in [0.4, 0.5) is 0 Å². The van der Waals surface area contributed by atoms with Gasteiger partial charge in [-0.3, -0.25) is 0 Å². The van der Waals surface area contributed by atoms with Crippen molar-refractivity contribution < 1.29 is 4.74 Å². The molecule has 1 nitrogen and oxygen atoms in total. The van der Waals surface area contributed by atoms with E-state index in [1.807, 2.05) is 42.5 Å². The highest BCUT2D eigenvalue weighted by Gasteiger charge is 1.99. The SMILES string of the molecule is Clc1ccc(COc2ccc(Cc3ccccc3)cc2)cc1. The number of rotatable bonds is 5. The molecule has 0 amide bonds. The molecule has 0 aliphatic carbocycles. The van der Waals surface area contributed by atoms with Gasteiger partial charge in [0, 0.05) is 5.02 Å². The van der Waals surface area contributed by atoms with Crippen LogP contribution in [0.15, 0.2) is 78.9 Å². The Kier molecular flexibility index (Phi) is 4.77. The molecule has 0 atom stereocenters. The van der Waals surface area contributed by atoms with Crippen molar-refractivity contribution in [1.29, 1.82) is 0 Å². The summed E-state index contributed by atoms with van der Waals surface area (Å²) in [7, 11) is 0. The van der Waals surface area contributed by atoms with E-state index in [9.17, 15) is 0 Å². The third-order valence-electron chi connectivity index (χ3n) is 3.49. The highest BCUT2D eigenvalue weighted by atomic mass is 35.5. The summed E-state index contributed by atoms with van der Waals surface area (Å²) in [6.07, 6.45) is 0.943. The molecule has 0 aliphatic rings. The van der Waals surface area contributed by atoms with E-state index < -0.39 is 0 Å². The van der Waals surface area contributed by atoms with E-state index >= 15 is 0 Å². The fourth-order valence-electron chi connectivity index (χ4n) is 2.28. The van der Waals surface area contributed by atoms with E-state index in [0.29, 0.717) is 6.61 Å². The van der Waals surface area contributed by atoms with Crippen LogP contribution in [0, 0.1) is 0 Å². The van der Waals surface area contributed by atoms with E-state index in [1.54, 1.807) is 0 Å². The fourth-order valence-corrected chi connectivity index (χ4v) is 2.41. The van der Waals surface area contributed by atoms with Crippen molar-refractivity contribution in [3.8, 4) is 5.75 Å². The molecule has 0 heterocycles. The van der Waals surface area contributed by atoms with E-state index in [2.05, 4.69) is 36.4 Å². The molecule has 0 radical (unpaired) electrons. The molecule has 2 heteroatoms. The van der Waals surface area contributed by atoms with E-state index in [4.69, 9.17) is 16.3 Å². The van der Waals surface area contributed by atoms with Crippen molar-refractivity contribution in [2.45, 2.75) is 13.0 Å². The molecule has 110 valence electrons. The van der Waals surface area contributed by atoms with Gasteiger partial charge in [0.05, 0.1) is 0 Å². The van der Waals surface area contributed by atoms with E-state index in [1.165, 1.54) is 11.1 Å². The first-order valence-corrected chi connectivity index (χ1v) is 7.67. The van der Waals surface area contributed by atoms with Crippen molar-refractivity contribution in [1.82, 2.24) is 0 Å². The average molecular weight is 309 g/mol. The minimum absolute atomic E-state index is 0.551. The quantitative estimate of drug-likeness (QED) is 0.604. The first-order chi connectivity index (χ1) is 10.8. The van der Waals surface area contributed by atoms with E-state index in [0.717, 1.165) is 22.8 Å². The number of hydrogen-bond acceptors (Lipinski definition) is 1. The van der Waals surface area contributed by atoms with Crippen LogP contribution >= 0.6 is 11.6 Å². The Bertz CT molecular complexity index is 703. The van der Waals surface area contributed by atoms with Gasteiger partial charge < -0.3 is 4.74 Å². The van der Waals surface area contributed by atoms with Gasteiger partial charge in [-0.15, -0.1) is 0 Å². The Labute approximate surface area is 136 Å². The summed E-state index contributed by atoms with van der Waals surface area (Å²) in [6, 6.07) is 26.5. The second-order valence-corrected chi connectivity index (χ2v) is 5.66. The van der Waals surface area contributed by atoms with Gasteiger partial charge in [0.2, 0.25) is 0 Å². The lowest BCUT2D eigenvalue weighted by Gasteiger charge is -2.08. The maximum atomic E-state index is 5.87. The second-order valence-electron chi connectivity index (χ2n) is 5.22. The standard InChI is InChI=1S/C20H17ClO/c21-19-10-6-18(7-11-19)15-22-20-12-8-17(9-13-20)14-16-4-2-1-3-5-16/h1-13H,14-15H2. The van der Waals surface area contributed by atoms with Crippen LogP contribution in [0.3, 0.4) is 0 Å². The summed E-state index contributed by atoms with van der Waals surface area (Å²) >= 11 is 5.87. The van der Waals surface area contributed by atoms with Crippen molar-refractivity contribution in [2.75, 3.05) is 0 Å². The largest absolute Gasteiger partial charge is 0.489 e. The molecule has 22 heavy (non-hydrogen) atoms. The monoisotopic (exact) mass is 308 g/mol. The van der Waals surface area contributed by atoms with Gasteiger partial charge in [-0.2, -0.15) is 0 Å². The Balaban J connectivity index is 1.58. The van der Waals surface area contributed by atoms with Crippen molar-refractivity contribution in [3.63, 3.8) is 0 Å². The molecule has 0 saturated heterocycles. The molecule has 0 spiro atoms. The fraction of sp³-hybridized carbons (Fsp3) is 0.100. The molecular weight excluding hydrogens is 292 g/mol. The van der Waals surface area contributed by atoms with Gasteiger partial charge in [-0.1, -0.05) is 66.2 Å². The van der Waals surface area contributed by atoms with Gasteiger partial charge in [0.1, 0.15) is 12.4 Å². The van der Waals surface area contributed by atoms with Crippen LogP contribution < -0.4 is 4.74 Å². The first kappa shape index (κ1) is 14.7. The van der Waals surface area contributed by atoms with Gasteiger partial charge in [0.25, 0.3) is 0 Å². The second kappa shape index (κ2) is 7.15. The lowest BCUT2D eigenvalue weighted by molar-refractivity contribution is 0.306. The molecule has 3 aromatic carbocycles. The Morgan fingerprint density at radius 1 is 0.636 bits per heavy atom. The Morgan fingerprint density at radius 3 is 1.91 bits per heavy atom. The maximum absolute atomic E-state index is 5.87. The van der Waals surface area contributed by atoms with Gasteiger partial charge in [0.15, 0.2) is 0 Å². The normalized spacial score (nSPS) is 10.4. The topological polar surface area (TPSA) is 9.23 Å². The molecule has 0 unspecified atom stereocenters. The maximum Gasteiger partial charge on any atom is 0.119 e. The Hall–Kier alpha value is -2.25. The summed E-state index contributed by atoms with van der Waals surface area (Å²) in [4.78, 5) is 0. The van der Waals surface area contributed by atoms with Crippen LogP contribution in [0.2, 0.25) is 5.02 Å². The third kappa shape index (κ3) is 4.12. The summed E-state index contributed by atoms with van der Waals surface area (Å²) in [5, 5.41) is 0.744. The number of benzene rings is 3. The minimum Gasteiger partial charge on any atom is -0.489 e. The lowest BCUT2D eigenvalue weighted by atomic mass is 10.1. The highest BCUT2D eigenvalue weighted by Crippen LogP contribution is 2.17. The molecule has 0 fully saturated rings. The summed E-state index contributed by atoms with van der Waals surface area (Å²) in [5.41, 5.74) is 3.71. The molecule has 0 aliphatic heterocycles. The minimum atomic E-state index is 0.551. The molecular formula is C20H17ClO. The first-order valence-electron chi connectivity index (χ1n) is 7.30. The predicted molar refractivity (Wildman–Crippen MR) is 91.5 cm³/mol. The lowest BCUT2D eigenvalue weighted by Crippen LogP contribution is -1.95. The van der Waals surface area contributed by atoms with Crippen LogP contribution in [-0.2, 0) is 13.0 Å². The molecule has 0 saturated carbocycles. The smallest absolute Gasteiger partial charge is 0.119 e. The molecule has 3 aromatic rings. The zero-order valence-electron chi connectivity index (χ0n) is 12.2. The zero-order valence-corrected chi connectivity index (χ0v) is 13.0. The zero-order chi connectivity index (χ0) is 15.2. The van der Waals surface area contributed by atoms with Crippen molar-refractivity contribution in [2.24, 2.45) is 0 Å².